The van der Waals surface area contributed by atoms with Gasteiger partial charge in [0.15, 0.2) is 0 Å². The van der Waals surface area contributed by atoms with Crippen LogP contribution in [0.3, 0.4) is 0 Å². The summed E-state index contributed by atoms with van der Waals surface area (Å²) in [5.74, 6) is 0.189. The molecule has 1 amide bonds. The zero-order chi connectivity index (χ0) is 25.5. The van der Waals surface area contributed by atoms with Crippen LogP contribution in [0, 0.1) is 28.6 Å². The molecular formula is C24H16ClI2N3O5. The van der Waals surface area contributed by atoms with Gasteiger partial charge in [0.05, 0.1) is 24.9 Å². The van der Waals surface area contributed by atoms with Crippen LogP contribution >= 0.6 is 56.8 Å². The van der Waals surface area contributed by atoms with Crippen LogP contribution in [0.4, 0.5) is 11.4 Å². The summed E-state index contributed by atoms with van der Waals surface area (Å²) in [6, 6.07) is 16.6. The molecule has 3 aromatic rings. The number of non-ortho nitro benzene ring substituents is 1. The van der Waals surface area contributed by atoms with Gasteiger partial charge in [0.2, 0.25) is 0 Å². The first kappa shape index (κ1) is 26.7. The van der Waals surface area contributed by atoms with Crippen molar-refractivity contribution in [1.82, 2.24) is 0 Å². The molecule has 0 heterocycles. The Morgan fingerprint density at radius 1 is 1.17 bits per heavy atom. The van der Waals surface area contributed by atoms with E-state index in [1.54, 1.807) is 24.3 Å². The maximum Gasteiger partial charge on any atom is 0.271 e. The van der Waals surface area contributed by atoms with E-state index in [1.165, 1.54) is 31.4 Å². The number of nitro groups is 1. The molecule has 0 radical (unpaired) electrons. The van der Waals surface area contributed by atoms with E-state index in [1.807, 2.05) is 18.2 Å². The fraction of sp³-hybridized carbons (Fsp3) is 0.0833. The first-order valence-electron chi connectivity index (χ1n) is 9.83. The van der Waals surface area contributed by atoms with Crippen LogP contribution in [0.2, 0.25) is 5.02 Å². The molecule has 0 aliphatic rings. The second-order valence-electron chi connectivity index (χ2n) is 6.99. The largest absolute Gasteiger partial charge is 0.495 e. The van der Waals surface area contributed by atoms with Crippen LogP contribution in [0.5, 0.6) is 11.5 Å². The van der Waals surface area contributed by atoms with E-state index < -0.39 is 10.8 Å². The number of benzene rings is 3. The van der Waals surface area contributed by atoms with Crippen LogP contribution in [-0.4, -0.2) is 17.9 Å². The SMILES string of the molecule is COc1ccc([N+](=O)[O-])cc1NC(=O)/C(C#N)=C/c1cc(I)c(OCc2ccc(Cl)cc2)c(I)c1. The van der Waals surface area contributed by atoms with Gasteiger partial charge in [-0.25, -0.2) is 0 Å². The Kier molecular flexibility index (Phi) is 9.30. The summed E-state index contributed by atoms with van der Waals surface area (Å²) >= 11 is 10.2. The molecule has 0 aliphatic carbocycles. The minimum Gasteiger partial charge on any atom is -0.495 e. The van der Waals surface area contributed by atoms with Crippen LogP contribution in [-0.2, 0) is 11.4 Å². The lowest BCUT2D eigenvalue weighted by molar-refractivity contribution is -0.384. The van der Waals surface area contributed by atoms with E-state index in [0.717, 1.165) is 12.7 Å². The van der Waals surface area contributed by atoms with E-state index in [9.17, 15) is 20.2 Å². The van der Waals surface area contributed by atoms with Crippen LogP contribution in [0.25, 0.3) is 6.08 Å². The number of carbonyl (C=O) groups excluding carboxylic acids is 1. The van der Waals surface area contributed by atoms with Crippen LogP contribution in [0.15, 0.2) is 60.2 Å². The van der Waals surface area contributed by atoms with Gasteiger partial charge >= 0.3 is 0 Å². The molecule has 178 valence electrons. The molecule has 1 N–H and O–H groups in total. The van der Waals surface area contributed by atoms with Crippen molar-refractivity contribution in [2.45, 2.75) is 6.61 Å². The Morgan fingerprint density at radius 3 is 2.40 bits per heavy atom. The third-order valence-corrected chi connectivity index (χ3v) is 6.49. The lowest BCUT2D eigenvalue weighted by atomic mass is 10.1. The number of halogens is 3. The molecule has 35 heavy (non-hydrogen) atoms. The van der Waals surface area contributed by atoms with Crippen LogP contribution < -0.4 is 14.8 Å². The quantitative estimate of drug-likeness (QED) is 0.0926. The molecule has 3 aromatic carbocycles. The first-order chi connectivity index (χ1) is 16.7. The van der Waals surface area contributed by atoms with E-state index in [4.69, 9.17) is 21.1 Å². The van der Waals surface area contributed by atoms with Crippen LogP contribution in [0.1, 0.15) is 11.1 Å². The minimum atomic E-state index is -0.723. The number of methoxy groups -OCH3 is 1. The van der Waals surface area contributed by atoms with Gasteiger partial charge in [-0.3, -0.25) is 14.9 Å². The number of hydrogen-bond donors (Lipinski definition) is 1. The Morgan fingerprint density at radius 2 is 1.83 bits per heavy atom. The summed E-state index contributed by atoms with van der Waals surface area (Å²) < 4.78 is 12.7. The maximum atomic E-state index is 12.8. The normalized spacial score (nSPS) is 10.9. The van der Waals surface area contributed by atoms with Gasteiger partial charge in [0, 0.05) is 17.2 Å². The minimum absolute atomic E-state index is 0.0861. The highest BCUT2D eigenvalue weighted by atomic mass is 127. The molecular weight excluding hydrogens is 700 g/mol. The summed E-state index contributed by atoms with van der Waals surface area (Å²) in [5, 5.41) is 23.8. The number of anilines is 1. The third-order valence-electron chi connectivity index (χ3n) is 4.64. The van der Waals surface area contributed by atoms with Gasteiger partial charge in [0.25, 0.3) is 11.6 Å². The average molecular weight is 716 g/mol. The number of nitrogens with zero attached hydrogens (tertiary/aromatic N) is 2. The van der Waals surface area contributed by atoms with Gasteiger partial charge in [0.1, 0.15) is 29.7 Å². The predicted octanol–water partition coefficient (Wildman–Crippen LogP) is 6.59. The molecule has 0 fully saturated rings. The van der Waals surface area contributed by atoms with E-state index >= 15 is 0 Å². The van der Waals surface area contributed by atoms with Crippen molar-refractivity contribution in [3.63, 3.8) is 0 Å². The van der Waals surface area contributed by atoms with Crippen molar-refractivity contribution in [3.05, 3.63) is 93.6 Å². The summed E-state index contributed by atoms with van der Waals surface area (Å²) in [7, 11) is 1.37. The van der Waals surface area contributed by atoms with Crippen molar-refractivity contribution in [2.24, 2.45) is 0 Å². The van der Waals surface area contributed by atoms with E-state index in [0.29, 0.717) is 22.9 Å². The standard InChI is InChI=1S/C24H16ClI2N3O5/c1-34-22-7-6-18(30(32)33)11-21(22)29-24(31)16(12-28)8-15-9-19(26)23(20(27)10-15)35-13-14-2-4-17(25)5-3-14/h2-11H,13H2,1H3,(H,29,31)/b16-8+. The molecule has 0 unspecified atom stereocenters. The molecule has 0 spiro atoms. The number of hydrogen-bond acceptors (Lipinski definition) is 6. The predicted molar refractivity (Wildman–Crippen MR) is 150 cm³/mol. The Labute approximate surface area is 233 Å². The van der Waals surface area contributed by atoms with Gasteiger partial charge in [-0.05, 0) is 92.7 Å². The highest BCUT2D eigenvalue weighted by Crippen LogP contribution is 2.32. The van der Waals surface area contributed by atoms with Gasteiger partial charge < -0.3 is 14.8 Å². The zero-order valence-electron chi connectivity index (χ0n) is 18.1. The molecule has 0 saturated heterocycles. The first-order valence-corrected chi connectivity index (χ1v) is 12.4. The number of carbonyl (C=O) groups is 1. The second kappa shape index (κ2) is 12.2. The molecule has 11 heteroatoms. The number of ether oxygens (including phenoxy) is 2. The number of rotatable bonds is 8. The number of amides is 1. The molecule has 0 atom stereocenters. The van der Waals surface area contributed by atoms with E-state index in [-0.39, 0.29) is 22.7 Å². The topological polar surface area (TPSA) is 114 Å². The van der Waals surface area contributed by atoms with Gasteiger partial charge in [-0.15, -0.1) is 0 Å². The fourth-order valence-corrected chi connectivity index (χ4v) is 5.20. The third kappa shape index (κ3) is 7.06. The van der Waals surface area contributed by atoms with Crippen molar-refractivity contribution >= 4 is 80.1 Å². The fourth-order valence-electron chi connectivity index (χ4n) is 2.95. The second-order valence-corrected chi connectivity index (χ2v) is 9.76. The summed E-state index contributed by atoms with van der Waals surface area (Å²) in [6.07, 6.45) is 1.44. The monoisotopic (exact) mass is 715 g/mol. The molecule has 0 bridgehead atoms. The van der Waals surface area contributed by atoms with Gasteiger partial charge in [-0.2, -0.15) is 5.26 Å². The number of nitriles is 1. The lowest BCUT2D eigenvalue weighted by Crippen LogP contribution is -2.14. The summed E-state index contributed by atoms with van der Waals surface area (Å²) in [4.78, 5) is 23.2. The molecule has 3 rings (SSSR count). The summed E-state index contributed by atoms with van der Waals surface area (Å²) in [5.41, 5.74) is 1.27. The molecule has 8 nitrogen and oxygen atoms in total. The number of nitro benzene ring substituents is 1. The molecule has 0 aromatic heterocycles. The zero-order valence-corrected chi connectivity index (χ0v) is 23.1. The Bertz CT molecular complexity index is 1330. The van der Waals surface area contributed by atoms with Crippen molar-refractivity contribution in [2.75, 3.05) is 12.4 Å². The molecule has 0 saturated carbocycles. The Hall–Kier alpha value is -2.89. The highest BCUT2D eigenvalue weighted by Gasteiger charge is 2.17. The smallest absolute Gasteiger partial charge is 0.271 e. The van der Waals surface area contributed by atoms with E-state index in [2.05, 4.69) is 50.5 Å². The lowest BCUT2D eigenvalue weighted by Gasteiger charge is -2.12. The number of nitrogens with one attached hydrogen (secondary N) is 1. The highest BCUT2D eigenvalue weighted by molar-refractivity contribution is 14.1. The van der Waals surface area contributed by atoms with Crippen molar-refractivity contribution < 1.29 is 19.2 Å². The summed E-state index contributed by atoms with van der Waals surface area (Å²) in [6.45, 7) is 0.356. The Balaban J connectivity index is 1.81. The van der Waals surface area contributed by atoms with Crippen molar-refractivity contribution in [1.29, 1.82) is 5.26 Å². The maximum absolute atomic E-state index is 12.8. The molecule has 0 aliphatic heterocycles. The van der Waals surface area contributed by atoms with Crippen molar-refractivity contribution in [3.8, 4) is 17.6 Å². The average Bonchev–Trinajstić information content (AvgIpc) is 2.83. The van der Waals surface area contributed by atoms with Gasteiger partial charge in [-0.1, -0.05) is 23.7 Å².